The van der Waals surface area contributed by atoms with Gasteiger partial charge in [-0.05, 0) is 12.1 Å². The third-order valence-corrected chi connectivity index (χ3v) is 2.61. The Bertz CT molecular complexity index is 499. The Morgan fingerprint density at radius 1 is 0.941 bits per heavy atom. The number of halogens is 1. The molecule has 3 heteroatoms. The minimum absolute atomic E-state index is 0.0273. The standard InChI is InChI=1S/C14H14FNO/c15-13-7-3-1-5-11(13)9-16-14-8-4-2-6-12(14)10-17/h1-8,16-17H,9-10H2. The topological polar surface area (TPSA) is 32.3 Å². The molecule has 2 aromatic rings. The van der Waals surface area contributed by atoms with Crippen LogP contribution in [-0.4, -0.2) is 5.11 Å². The second kappa shape index (κ2) is 5.46. The van der Waals surface area contributed by atoms with E-state index < -0.39 is 0 Å². The normalized spacial score (nSPS) is 10.2. The van der Waals surface area contributed by atoms with E-state index in [0.29, 0.717) is 12.1 Å². The second-order valence-electron chi connectivity index (χ2n) is 3.76. The average Bonchev–Trinajstić information content (AvgIpc) is 2.38. The zero-order valence-corrected chi connectivity index (χ0v) is 9.36. The highest BCUT2D eigenvalue weighted by atomic mass is 19.1. The van der Waals surface area contributed by atoms with Crippen LogP contribution in [0.4, 0.5) is 10.1 Å². The van der Waals surface area contributed by atoms with Gasteiger partial charge in [0.2, 0.25) is 0 Å². The summed E-state index contributed by atoms with van der Waals surface area (Å²) in [6, 6.07) is 14.1. The Morgan fingerprint density at radius 3 is 2.29 bits per heavy atom. The lowest BCUT2D eigenvalue weighted by Gasteiger charge is -2.10. The average molecular weight is 231 g/mol. The van der Waals surface area contributed by atoms with Crippen LogP contribution in [0.5, 0.6) is 0 Å². The first-order chi connectivity index (χ1) is 8.31. The molecule has 0 heterocycles. The number of nitrogens with one attached hydrogen (secondary N) is 1. The van der Waals surface area contributed by atoms with Gasteiger partial charge in [-0.25, -0.2) is 4.39 Å². The molecule has 0 unspecified atom stereocenters. The summed E-state index contributed by atoms with van der Waals surface area (Å²) in [6.07, 6.45) is 0. The molecule has 17 heavy (non-hydrogen) atoms. The molecule has 0 saturated carbocycles. The monoisotopic (exact) mass is 231 g/mol. The van der Waals surface area contributed by atoms with E-state index in [1.54, 1.807) is 18.2 Å². The third kappa shape index (κ3) is 2.82. The molecule has 0 amide bonds. The number of para-hydroxylation sites is 1. The Balaban J connectivity index is 2.10. The van der Waals surface area contributed by atoms with E-state index in [2.05, 4.69) is 5.32 Å². The largest absolute Gasteiger partial charge is 0.392 e. The van der Waals surface area contributed by atoms with Gasteiger partial charge in [0.15, 0.2) is 0 Å². The molecule has 2 N–H and O–H groups in total. The Labute approximate surface area is 99.7 Å². The van der Waals surface area contributed by atoms with Gasteiger partial charge in [0, 0.05) is 23.4 Å². The van der Waals surface area contributed by atoms with Crippen molar-refractivity contribution in [3.63, 3.8) is 0 Å². The molecule has 88 valence electrons. The maximum atomic E-state index is 13.4. The zero-order chi connectivity index (χ0) is 12.1. The van der Waals surface area contributed by atoms with Gasteiger partial charge in [0.1, 0.15) is 5.82 Å². The number of benzene rings is 2. The highest BCUT2D eigenvalue weighted by Crippen LogP contribution is 2.16. The van der Waals surface area contributed by atoms with E-state index >= 15 is 0 Å². The van der Waals surface area contributed by atoms with Gasteiger partial charge in [-0.1, -0.05) is 36.4 Å². The fourth-order valence-electron chi connectivity index (χ4n) is 1.66. The molecule has 2 aromatic carbocycles. The summed E-state index contributed by atoms with van der Waals surface area (Å²) < 4.78 is 13.4. The highest BCUT2D eigenvalue weighted by Gasteiger charge is 2.02. The minimum atomic E-state index is -0.221. The molecule has 0 aliphatic rings. The van der Waals surface area contributed by atoms with Crippen molar-refractivity contribution in [3.8, 4) is 0 Å². The van der Waals surface area contributed by atoms with Crippen LogP contribution >= 0.6 is 0 Å². The van der Waals surface area contributed by atoms with E-state index in [1.165, 1.54) is 6.07 Å². The number of aliphatic hydroxyl groups excluding tert-OH is 1. The van der Waals surface area contributed by atoms with Crippen LogP contribution in [-0.2, 0) is 13.2 Å². The van der Waals surface area contributed by atoms with Crippen LogP contribution in [0.25, 0.3) is 0 Å². The second-order valence-corrected chi connectivity index (χ2v) is 3.76. The number of rotatable bonds is 4. The van der Waals surface area contributed by atoms with Crippen molar-refractivity contribution in [3.05, 3.63) is 65.5 Å². The van der Waals surface area contributed by atoms with Crippen molar-refractivity contribution in [2.24, 2.45) is 0 Å². The molecule has 2 nitrogen and oxygen atoms in total. The number of anilines is 1. The molecular formula is C14H14FNO. The lowest BCUT2D eigenvalue weighted by molar-refractivity contribution is 0.282. The Morgan fingerprint density at radius 2 is 1.59 bits per heavy atom. The SMILES string of the molecule is OCc1ccccc1NCc1ccccc1F. The van der Waals surface area contributed by atoms with E-state index in [0.717, 1.165) is 11.3 Å². The summed E-state index contributed by atoms with van der Waals surface area (Å²) in [5, 5.41) is 12.3. The molecule has 0 aromatic heterocycles. The first-order valence-corrected chi connectivity index (χ1v) is 5.47. The molecule has 0 aliphatic heterocycles. The summed E-state index contributed by atoms with van der Waals surface area (Å²) in [5.41, 5.74) is 2.25. The summed E-state index contributed by atoms with van der Waals surface area (Å²) in [6.45, 7) is 0.379. The zero-order valence-electron chi connectivity index (χ0n) is 9.36. The Hall–Kier alpha value is -1.87. The molecule has 0 aliphatic carbocycles. The van der Waals surface area contributed by atoms with Crippen molar-refractivity contribution in [2.75, 3.05) is 5.32 Å². The smallest absolute Gasteiger partial charge is 0.128 e. The van der Waals surface area contributed by atoms with E-state index in [4.69, 9.17) is 5.11 Å². The molecule has 0 radical (unpaired) electrons. The predicted octanol–water partition coefficient (Wildman–Crippen LogP) is 2.93. The summed E-state index contributed by atoms with van der Waals surface area (Å²) >= 11 is 0. The van der Waals surface area contributed by atoms with Crippen molar-refractivity contribution >= 4 is 5.69 Å². The fraction of sp³-hybridized carbons (Fsp3) is 0.143. The van der Waals surface area contributed by atoms with E-state index in [1.807, 2.05) is 24.3 Å². The lowest BCUT2D eigenvalue weighted by Crippen LogP contribution is -2.03. The van der Waals surface area contributed by atoms with Crippen LogP contribution in [0.15, 0.2) is 48.5 Å². The molecule has 0 saturated heterocycles. The first kappa shape index (κ1) is 11.6. The van der Waals surface area contributed by atoms with Gasteiger partial charge < -0.3 is 10.4 Å². The van der Waals surface area contributed by atoms with Crippen molar-refractivity contribution in [1.29, 1.82) is 0 Å². The van der Waals surface area contributed by atoms with E-state index in [-0.39, 0.29) is 12.4 Å². The van der Waals surface area contributed by atoms with Crippen molar-refractivity contribution < 1.29 is 9.50 Å². The third-order valence-electron chi connectivity index (χ3n) is 2.61. The van der Waals surface area contributed by atoms with Gasteiger partial charge in [-0.2, -0.15) is 0 Å². The maximum absolute atomic E-state index is 13.4. The van der Waals surface area contributed by atoms with Crippen LogP contribution in [0.3, 0.4) is 0 Å². The quantitative estimate of drug-likeness (QED) is 0.848. The van der Waals surface area contributed by atoms with Gasteiger partial charge in [0.05, 0.1) is 6.61 Å². The van der Waals surface area contributed by atoms with Gasteiger partial charge >= 0.3 is 0 Å². The van der Waals surface area contributed by atoms with Crippen LogP contribution < -0.4 is 5.32 Å². The number of aliphatic hydroxyl groups is 1. The molecular weight excluding hydrogens is 217 g/mol. The van der Waals surface area contributed by atoms with Crippen LogP contribution in [0, 0.1) is 5.82 Å². The number of hydrogen-bond donors (Lipinski definition) is 2. The summed E-state index contributed by atoms with van der Waals surface area (Å²) in [5.74, 6) is -0.221. The molecule has 0 bridgehead atoms. The molecule has 0 atom stereocenters. The van der Waals surface area contributed by atoms with Crippen LogP contribution in [0.1, 0.15) is 11.1 Å². The van der Waals surface area contributed by atoms with E-state index in [9.17, 15) is 4.39 Å². The minimum Gasteiger partial charge on any atom is -0.392 e. The summed E-state index contributed by atoms with van der Waals surface area (Å²) in [7, 11) is 0. The van der Waals surface area contributed by atoms with Gasteiger partial charge in [0.25, 0.3) is 0 Å². The maximum Gasteiger partial charge on any atom is 0.128 e. The van der Waals surface area contributed by atoms with Crippen molar-refractivity contribution in [2.45, 2.75) is 13.2 Å². The van der Waals surface area contributed by atoms with Gasteiger partial charge in [-0.3, -0.25) is 0 Å². The summed E-state index contributed by atoms with van der Waals surface area (Å²) in [4.78, 5) is 0. The van der Waals surface area contributed by atoms with Crippen LogP contribution in [0.2, 0.25) is 0 Å². The molecule has 0 spiro atoms. The predicted molar refractivity (Wildman–Crippen MR) is 66.1 cm³/mol. The first-order valence-electron chi connectivity index (χ1n) is 5.47. The van der Waals surface area contributed by atoms with Gasteiger partial charge in [-0.15, -0.1) is 0 Å². The number of hydrogen-bond acceptors (Lipinski definition) is 2. The Kier molecular flexibility index (Phi) is 3.73. The molecule has 0 fully saturated rings. The molecule has 2 rings (SSSR count). The highest BCUT2D eigenvalue weighted by molar-refractivity contribution is 5.51. The lowest BCUT2D eigenvalue weighted by atomic mass is 10.1. The fourth-order valence-corrected chi connectivity index (χ4v) is 1.66. The van der Waals surface area contributed by atoms with Crippen molar-refractivity contribution in [1.82, 2.24) is 0 Å².